The van der Waals surface area contributed by atoms with Gasteiger partial charge in [0.25, 0.3) is 0 Å². The summed E-state index contributed by atoms with van der Waals surface area (Å²) in [7, 11) is -3.54. The average Bonchev–Trinajstić information content (AvgIpc) is 2.41. The first-order valence-corrected chi connectivity index (χ1v) is 8.76. The molecule has 1 rings (SSSR count). The van der Waals surface area contributed by atoms with E-state index in [2.05, 4.69) is 20.7 Å². The molecule has 0 saturated carbocycles. The van der Waals surface area contributed by atoms with E-state index in [9.17, 15) is 8.42 Å². The van der Waals surface area contributed by atoms with Crippen molar-refractivity contribution in [3.8, 4) is 0 Å². The normalized spacial score (nSPS) is 11.8. The number of ether oxygens (including phenoxy) is 1. The third kappa shape index (κ3) is 4.82. The van der Waals surface area contributed by atoms with Gasteiger partial charge in [-0.05, 0) is 53.4 Å². The van der Waals surface area contributed by atoms with Gasteiger partial charge in [0.2, 0.25) is 10.0 Å². The van der Waals surface area contributed by atoms with Gasteiger partial charge in [-0.2, -0.15) is 0 Å². The van der Waals surface area contributed by atoms with Gasteiger partial charge in [-0.1, -0.05) is 6.07 Å². The van der Waals surface area contributed by atoms with Gasteiger partial charge in [0.1, 0.15) is 0 Å². The van der Waals surface area contributed by atoms with E-state index in [1.54, 1.807) is 6.07 Å². The number of aryl methyl sites for hydroxylation is 1. The zero-order valence-corrected chi connectivity index (χ0v) is 14.2. The lowest BCUT2D eigenvalue weighted by Crippen LogP contribution is -2.26. The van der Waals surface area contributed by atoms with Crippen molar-refractivity contribution in [3.63, 3.8) is 0 Å². The summed E-state index contributed by atoms with van der Waals surface area (Å²) in [6, 6.07) is 3.47. The zero-order valence-electron chi connectivity index (χ0n) is 11.8. The van der Waals surface area contributed by atoms with Gasteiger partial charge in [0.15, 0.2) is 0 Å². The van der Waals surface area contributed by atoms with E-state index >= 15 is 0 Å². The quantitative estimate of drug-likeness (QED) is 0.690. The molecule has 0 aliphatic heterocycles. The van der Waals surface area contributed by atoms with Crippen molar-refractivity contribution >= 4 is 26.0 Å². The highest BCUT2D eigenvalue weighted by molar-refractivity contribution is 9.10. The van der Waals surface area contributed by atoms with Crippen LogP contribution in [-0.4, -0.2) is 28.2 Å². The minimum atomic E-state index is -3.54. The van der Waals surface area contributed by atoms with Crippen LogP contribution in [0.2, 0.25) is 0 Å². The third-order valence-electron chi connectivity index (χ3n) is 2.77. The topological polar surface area (TPSA) is 81.4 Å². The Labute approximate surface area is 129 Å². The van der Waals surface area contributed by atoms with E-state index in [0.29, 0.717) is 37.2 Å². The number of sulfonamides is 1. The maximum absolute atomic E-state index is 12.3. The standard InChI is InChI=1S/C13H21BrN2O3S/c1-3-19-6-4-5-16-20(17,18)12-8-11(9-15)7-10(2)13(12)14/h7-8,16H,3-6,9,15H2,1-2H3. The van der Waals surface area contributed by atoms with Crippen LogP contribution >= 0.6 is 15.9 Å². The van der Waals surface area contributed by atoms with Crippen LogP contribution in [0.5, 0.6) is 0 Å². The molecule has 0 radical (unpaired) electrons. The summed E-state index contributed by atoms with van der Waals surface area (Å²) in [6.45, 7) is 5.58. The monoisotopic (exact) mass is 364 g/mol. The second-order valence-electron chi connectivity index (χ2n) is 4.38. The van der Waals surface area contributed by atoms with E-state index in [4.69, 9.17) is 10.5 Å². The highest BCUT2D eigenvalue weighted by Gasteiger charge is 2.19. The SMILES string of the molecule is CCOCCCNS(=O)(=O)c1cc(CN)cc(C)c1Br. The van der Waals surface area contributed by atoms with Gasteiger partial charge in [-0.3, -0.25) is 0 Å². The van der Waals surface area contributed by atoms with E-state index in [1.165, 1.54) is 0 Å². The van der Waals surface area contributed by atoms with Crippen LogP contribution in [0.1, 0.15) is 24.5 Å². The maximum Gasteiger partial charge on any atom is 0.241 e. The number of nitrogens with one attached hydrogen (secondary N) is 1. The number of halogens is 1. The van der Waals surface area contributed by atoms with Crippen LogP contribution in [0.3, 0.4) is 0 Å². The Balaban J connectivity index is 2.84. The molecule has 0 fully saturated rings. The second kappa shape index (κ2) is 8.09. The summed E-state index contributed by atoms with van der Waals surface area (Å²) in [5.41, 5.74) is 7.23. The molecule has 1 aromatic rings. The van der Waals surface area contributed by atoms with E-state index in [-0.39, 0.29) is 4.90 Å². The largest absolute Gasteiger partial charge is 0.382 e. The van der Waals surface area contributed by atoms with Crippen LogP contribution in [0.15, 0.2) is 21.5 Å². The molecule has 114 valence electrons. The molecule has 0 spiro atoms. The molecular weight excluding hydrogens is 344 g/mol. The fourth-order valence-electron chi connectivity index (χ4n) is 1.73. The van der Waals surface area contributed by atoms with Crippen molar-refractivity contribution in [2.75, 3.05) is 19.8 Å². The van der Waals surface area contributed by atoms with Crippen molar-refractivity contribution in [2.45, 2.75) is 31.7 Å². The maximum atomic E-state index is 12.3. The molecule has 7 heteroatoms. The smallest absolute Gasteiger partial charge is 0.241 e. The van der Waals surface area contributed by atoms with Crippen molar-refractivity contribution in [3.05, 3.63) is 27.7 Å². The van der Waals surface area contributed by atoms with Gasteiger partial charge in [0.05, 0.1) is 4.90 Å². The molecule has 0 aliphatic carbocycles. The summed E-state index contributed by atoms with van der Waals surface area (Å²) < 4.78 is 32.9. The number of benzene rings is 1. The Hall–Kier alpha value is -0.470. The fraction of sp³-hybridized carbons (Fsp3) is 0.538. The van der Waals surface area contributed by atoms with Crippen molar-refractivity contribution in [1.29, 1.82) is 0 Å². The zero-order chi connectivity index (χ0) is 15.2. The lowest BCUT2D eigenvalue weighted by molar-refractivity contribution is 0.146. The first-order valence-electron chi connectivity index (χ1n) is 6.49. The van der Waals surface area contributed by atoms with Crippen molar-refractivity contribution in [2.24, 2.45) is 5.73 Å². The lowest BCUT2D eigenvalue weighted by Gasteiger charge is -2.12. The molecule has 0 heterocycles. The summed E-state index contributed by atoms with van der Waals surface area (Å²) in [5.74, 6) is 0. The Bertz CT molecular complexity index is 547. The van der Waals surface area contributed by atoms with Crippen LogP contribution in [-0.2, 0) is 21.3 Å². The molecular formula is C13H21BrN2O3S. The van der Waals surface area contributed by atoms with Crippen LogP contribution in [0.4, 0.5) is 0 Å². The van der Waals surface area contributed by atoms with Gasteiger partial charge in [-0.25, -0.2) is 13.1 Å². The van der Waals surface area contributed by atoms with Crippen LogP contribution < -0.4 is 10.5 Å². The third-order valence-corrected chi connectivity index (χ3v) is 5.57. The minimum Gasteiger partial charge on any atom is -0.382 e. The Morgan fingerprint density at radius 2 is 2.10 bits per heavy atom. The molecule has 0 aliphatic rings. The molecule has 5 nitrogen and oxygen atoms in total. The van der Waals surface area contributed by atoms with Gasteiger partial charge in [0, 0.05) is 30.8 Å². The van der Waals surface area contributed by atoms with Crippen molar-refractivity contribution < 1.29 is 13.2 Å². The average molecular weight is 365 g/mol. The first kappa shape index (κ1) is 17.6. The van der Waals surface area contributed by atoms with E-state index in [1.807, 2.05) is 19.9 Å². The summed E-state index contributed by atoms with van der Waals surface area (Å²) >= 11 is 3.33. The number of hydrogen-bond donors (Lipinski definition) is 2. The van der Waals surface area contributed by atoms with Gasteiger partial charge < -0.3 is 10.5 Å². The second-order valence-corrected chi connectivity index (χ2v) is 6.91. The Kier molecular flexibility index (Phi) is 7.11. The van der Waals surface area contributed by atoms with Crippen LogP contribution in [0.25, 0.3) is 0 Å². The lowest BCUT2D eigenvalue weighted by atomic mass is 10.1. The Morgan fingerprint density at radius 1 is 1.40 bits per heavy atom. The van der Waals surface area contributed by atoms with Gasteiger partial charge in [-0.15, -0.1) is 0 Å². The summed E-state index contributed by atoms with van der Waals surface area (Å²) in [5, 5.41) is 0. The molecule has 0 saturated heterocycles. The predicted octanol–water partition coefficient (Wildman–Crippen LogP) is 1.92. The highest BCUT2D eigenvalue weighted by atomic mass is 79.9. The molecule has 0 unspecified atom stereocenters. The van der Waals surface area contributed by atoms with E-state index in [0.717, 1.165) is 11.1 Å². The fourth-order valence-corrected chi connectivity index (χ4v) is 3.87. The van der Waals surface area contributed by atoms with Crippen molar-refractivity contribution in [1.82, 2.24) is 4.72 Å². The molecule has 0 amide bonds. The van der Waals surface area contributed by atoms with Gasteiger partial charge >= 0.3 is 0 Å². The number of hydrogen-bond acceptors (Lipinski definition) is 4. The van der Waals surface area contributed by atoms with Crippen LogP contribution in [0, 0.1) is 6.92 Å². The number of nitrogens with two attached hydrogens (primary N) is 1. The molecule has 20 heavy (non-hydrogen) atoms. The molecule has 3 N–H and O–H groups in total. The number of rotatable bonds is 8. The molecule has 0 aromatic heterocycles. The first-order chi connectivity index (χ1) is 9.42. The minimum absolute atomic E-state index is 0.231. The molecule has 1 aromatic carbocycles. The predicted molar refractivity (Wildman–Crippen MR) is 83.1 cm³/mol. The highest BCUT2D eigenvalue weighted by Crippen LogP contribution is 2.27. The van der Waals surface area contributed by atoms with E-state index < -0.39 is 10.0 Å². The summed E-state index contributed by atoms with van der Waals surface area (Å²) in [4.78, 5) is 0.231. The Morgan fingerprint density at radius 3 is 2.70 bits per heavy atom. The molecule has 0 atom stereocenters. The summed E-state index contributed by atoms with van der Waals surface area (Å²) in [6.07, 6.45) is 0.639. The molecule has 0 bridgehead atoms.